The molecule has 0 saturated heterocycles. The van der Waals surface area contributed by atoms with Crippen LogP contribution in [0.1, 0.15) is 5.56 Å². The first kappa shape index (κ1) is 17.7. The number of carbonyl (C=O) groups is 1. The molecule has 1 aromatic carbocycles. The molecule has 2 aromatic rings. The molecule has 1 aromatic heterocycles. The van der Waals surface area contributed by atoms with Gasteiger partial charge in [0.2, 0.25) is 5.91 Å². The summed E-state index contributed by atoms with van der Waals surface area (Å²) in [5.41, 5.74) is 1.12. The Hall–Kier alpha value is -2.67. The van der Waals surface area contributed by atoms with Gasteiger partial charge in [0.1, 0.15) is 0 Å². The standard InChI is InChI=1S/C17H22N4O3/c1-21(12-17(22)20-16-11-18-7-8-19-16)9-6-13-4-5-14(23-2)15(10-13)24-3/h4-5,7-8,10-11H,6,9,12H2,1-3H3,(H,19,20,22). The van der Waals surface area contributed by atoms with E-state index in [1.165, 1.54) is 12.4 Å². The Kier molecular flexibility index (Phi) is 6.51. The minimum absolute atomic E-state index is 0.120. The highest BCUT2D eigenvalue weighted by molar-refractivity contribution is 5.91. The maximum absolute atomic E-state index is 12.0. The molecule has 0 radical (unpaired) electrons. The average molecular weight is 330 g/mol. The van der Waals surface area contributed by atoms with Gasteiger partial charge >= 0.3 is 0 Å². The number of likely N-dealkylation sites (N-methyl/N-ethyl adjacent to an activating group) is 1. The van der Waals surface area contributed by atoms with Crippen molar-refractivity contribution in [1.29, 1.82) is 0 Å². The van der Waals surface area contributed by atoms with Crippen LogP contribution in [0.2, 0.25) is 0 Å². The number of nitrogens with zero attached hydrogens (tertiary/aromatic N) is 3. The number of benzene rings is 1. The second-order valence-electron chi connectivity index (χ2n) is 5.32. The highest BCUT2D eigenvalue weighted by Crippen LogP contribution is 2.27. The van der Waals surface area contributed by atoms with E-state index in [9.17, 15) is 4.79 Å². The molecule has 128 valence electrons. The summed E-state index contributed by atoms with van der Waals surface area (Å²) < 4.78 is 10.5. The minimum atomic E-state index is -0.120. The van der Waals surface area contributed by atoms with Crippen LogP contribution < -0.4 is 14.8 Å². The maximum Gasteiger partial charge on any atom is 0.239 e. The van der Waals surface area contributed by atoms with Gasteiger partial charge in [0.15, 0.2) is 17.3 Å². The van der Waals surface area contributed by atoms with Gasteiger partial charge in [-0.15, -0.1) is 0 Å². The molecule has 1 N–H and O–H groups in total. The van der Waals surface area contributed by atoms with Crippen LogP contribution in [0.3, 0.4) is 0 Å². The van der Waals surface area contributed by atoms with Gasteiger partial charge in [-0.25, -0.2) is 4.98 Å². The van der Waals surface area contributed by atoms with Crippen LogP contribution in [0.15, 0.2) is 36.8 Å². The van der Waals surface area contributed by atoms with Gasteiger partial charge in [0, 0.05) is 18.9 Å². The summed E-state index contributed by atoms with van der Waals surface area (Å²) in [5, 5.41) is 2.71. The molecule has 0 aliphatic carbocycles. The third-order valence-electron chi connectivity index (χ3n) is 3.47. The average Bonchev–Trinajstić information content (AvgIpc) is 2.60. The van der Waals surface area contributed by atoms with Crippen LogP contribution in [0.25, 0.3) is 0 Å². The van der Waals surface area contributed by atoms with Gasteiger partial charge < -0.3 is 14.8 Å². The van der Waals surface area contributed by atoms with Crippen molar-refractivity contribution >= 4 is 11.7 Å². The van der Waals surface area contributed by atoms with E-state index in [4.69, 9.17) is 9.47 Å². The molecular formula is C17H22N4O3. The van der Waals surface area contributed by atoms with E-state index < -0.39 is 0 Å². The summed E-state index contributed by atoms with van der Waals surface area (Å²) in [5.74, 6) is 1.75. The second-order valence-corrected chi connectivity index (χ2v) is 5.32. The fourth-order valence-corrected chi connectivity index (χ4v) is 2.23. The number of anilines is 1. The molecule has 0 bridgehead atoms. The number of carbonyl (C=O) groups excluding carboxylic acids is 1. The number of nitrogens with one attached hydrogen (secondary N) is 1. The predicted octanol–water partition coefficient (Wildman–Crippen LogP) is 1.61. The Morgan fingerprint density at radius 3 is 2.67 bits per heavy atom. The van der Waals surface area contributed by atoms with E-state index in [0.717, 1.165) is 18.5 Å². The molecule has 0 aliphatic heterocycles. The largest absolute Gasteiger partial charge is 0.493 e. The van der Waals surface area contributed by atoms with E-state index in [-0.39, 0.29) is 12.5 Å². The van der Waals surface area contributed by atoms with Gasteiger partial charge in [-0.05, 0) is 31.2 Å². The minimum Gasteiger partial charge on any atom is -0.493 e. The number of ether oxygens (including phenoxy) is 2. The molecule has 0 fully saturated rings. The number of rotatable bonds is 8. The lowest BCUT2D eigenvalue weighted by atomic mass is 10.1. The topological polar surface area (TPSA) is 76.6 Å². The Morgan fingerprint density at radius 1 is 1.21 bits per heavy atom. The number of hydrogen-bond acceptors (Lipinski definition) is 6. The lowest BCUT2D eigenvalue weighted by molar-refractivity contribution is -0.117. The van der Waals surface area contributed by atoms with Crippen molar-refractivity contribution in [1.82, 2.24) is 14.9 Å². The summed E-state index contributed by atoms with van der Waals surface area (Å²) in [6.07, 6.45) is 5.41. The van der Waals surface area contributed by atoms with Crippen LogP contribution in [0.4, 0.5) is 5.82 Å². The van der Waals surface area contributed by atoms with Crippen molar-refractivity contribution in [3.05, 3.63) is 42.4 Å². The first-order valence-electron chi connectivity index (χ1n) is 7.57. The molecular weight excluding hydrogens is 308 g/mol. The number of amides is 1. The lowest BCUT2D eigenvalue weighted by Gasteiger charge is -2.16. The van der Waals surface area contributed by atoms with Crippen molar-refractivity contribution in [3.8, 4) is 11.5 Å². The van der Waals surface area contributed by atoms with Crippen molar-refractivity contribution in [3.63, 3.8) is 0 Å². The summed E-state index contributed by atoms with van der Waals surface area (Å²) >= 11 is 0. The third kappa shape index (κ3) is 5.20. The number of methoxy groups -OCH3 is 2. The van der Waals surface area contributed by atoms with E-state index in [2.05, 4.69) is 15.3 Å². The molecule has 7 heteroatoms. The van der Waals surface area contributed by atoms with Crippen LogP contribution >= 0.6 is 0 Å². The predicted molar refractivity (Wildman–Crippen MR) is 91.4 cm³/mol. The fourth-order valence-electron chi connectivity index (χ4n) is 2.23. The first-order chi connectivity index (χ1) is 11.6. The van der Waals surface area contributed by atoms with Crippen LogP contribution in [-0.4, -0.2) is 55.1 Å². The summed E-state index contributed by atoms with van der Waals surface area (Å²) in [6.45, 7) is 1.02. The first-order valence-corrected chi connectivity index (χ1v) is 7.57. The van der Waals surface area contributed by atoms with E-state index in [0.29, 0.717) is 17.3 Å². The van der Waals surface area contributed by atoms with Gasteiger partial charge in [0.25, 0.3) is 0 Å². The maximum atomic E-state index is 12.0. The van der Waals surface area contributed by atoms with Gasteiger partial charge in [-0.1, -0.05) is 6.07 Å². The Bertz CT molecular complexity index is 664. The van der Waals surface area contributed by atoms with Crippen molar-refractivity contribution in [2.45, 2.75) is 6.42 Å². The molecule has 0 unspecified atom stereocenters. The van der Waals surface area contributed by atoms with Crippen LogP contribution in [0, 0.1) is 0 Å². The molecule has 0 saturated carbocycles. The zero-order valence-electron chi connectivity index (χ0n) is 14.2. The van der Waals surface area contributed by atoms with Gasteiger partial charge in [0.05, 0.1) is 27.0 Å². The van der Waals surface area contributed by atoms with Crippen molar-refractivity contribution < 1.29 is 14.3 Å². The van der Waals surface area contributed by atoms with E-state index in [1.54, 1.807) is 20.4 Å². The van der Waals surface area contributed by atoms with E-state index >= 15 is 0 Å². The quantitative estimate of drug-likeness (QED) is 0.792. The monoisotopic (exact) mass is 330 g/mol. The summed E-state index contributed by atoms with van der Waals surface area (Å²) in [6, 6.07) is 5.83. The third-order valence-corrected chi connectivity index (χ3v) is 3.47. The lowest BCUT2D eigenvalue weighted by Crippen LogP contribution is -2.31. The normalized spacial score (nSPS) is 10.5. The number of aromatic nitrogens is 2. The Morgan fingerprint density at radius 2 is 2.00 bits per heavy atom. The van der Waals surface area contributed by atoms with Crippen LogP contribution in [0.5, 0.6) is 11.5 Å². The molecule has 1 heterocycles. The Balaban J connectivity index is 1.82. The molecule has 0 atom stereocenters. The zero-order chi connectivity index (χ0) is 17.4. The smallest absolute Gasteiger partial charge is 0.239 e. The highest BCUT2D eigenvalue weighted by atomic mass is 16.5. The van der Waals surface area contributed by atoms with Gasteiger partial charge in [-0.2, -0.15) is 0 Å². The zero-order valence-corrected chi connectivity index (χ0v) is 14.2. The van der Waals surface area contributed by atoms with Gasteiger partial charge in [-0.3, -0.25) is 14.7 Å². The van der Waals surface area contributed by atoms with Crippen molar-refractivity contribution in [2.75, 3.05) is 39.7 Å². The summed E-state index contributed by atoms with van der Waals surface area (Å²) in [4.78, 5) is 21.8. The second kappa shape index (κ2) is 8.83. The van der Waals surface area contributed by atoms with Crippen LogP contribution in [-0.2, 0) is 11.2 Å². The highest BCUT2D eigenvalue weighted by Gasteiger charge is 2.09. The van der Waals surface area contributed by atoms with Crippen molar-refractivity contribution in [2.24, 2.45) is 0 Å². The SMILES string of the molecule is COc1ccc(CCN(C)CC(=O)Nc2cnccn2)cc1OC. The molecule has 0 spiro atoms. The molecule has 2 rings (SSSR count). The fraction of sp³-hybridized carbons (Fsp3) is 0.353. The molecule has 1 amide bonds. The van der Waals surface area contributed by atoms with E-state index in [1.807, 2.05) is 30.1 Å². The Labute approximate surface area is 141 Å². The molecule has 0 aliphatic rings. The molecule has 24 heavy (non-hydrogen) atoms. The molecule has 7 nitrogen and oxygen atoms in total. The summed E-state index contributed by atoms with van der Waals surface area (Å²) in [7, 11) is 5.13. The number of hydrogen-bond donors (Lipinski definition) is 1.